The Morgan fingerprint density at radius 1 is 1.42 bits per heavy atom. The van der Waals surface area contributed by atoms with Gasteiger partial charge in [0.2, 0.25) is 0 Å². The number of aliphatic hydroxyl groups is 1. The fraction of sp³-hybridized carbons (Fsp3) is 0.667. The molecule has 0 aromatic heterocycles. The van der Waals surface area contributed by atoms with Gasteiger partial charge in [-0.1, -0.05) is 13.8 Å². The zero-order valence-electron chi connectivity index (χ0n) is 7.15. The molecule has 0 radical (unpaired) electrons. The van der Waals surface area contributed by atoms with Gasteiger partial charge in [-0.05, 0) is 6.08 Å². The first kappa shape index (κ1) is 7.80. The van der Waals surface area contributed by atoms with Crippen molar-refractivity contribution in [2.24, 2.45) is 11.8 Å². The maximum atomic E-state index is 11.5. The van der Waals surface area contributed by atoms with Crippen LogP contribution in [0, 0.1) is 11.8 Å². The lowest BCUT2D eigenvalue weighted by molar-refractivity contribution is -0.144. The van der Waals surface area contributed by atoms with Crippen LogP contribution < -0.4 is 0 Å². The van der Waals surface area contributed by atoms with Gasteiger partial charge in [0.05, 0.1) is 6.10 Å². The predicted octanol–water partition coefficient (Wildman–Crippen LogP) is 1.05. The van der Waals surface area contributed by atoms with E-state index in [1.54, 1.807) is 13.0 Å². The van der Waals surface area contributed by atoms with Crippen LogP contribution >= 0.6 is 0 Å². The van der Waals surface area contributed by atoms with Gasteiger partial charge in [-0.2, -0.15) is 0 Å². The highest BCUT2D eigenvalue weighted by Crippen LogP contribution is 2.35. The van der Waals surface area contributed by atoms with E-state index in [-0.39, 0.29) is 35.6 Å². The highest BCUT2D eigenvalue weighted by Gasteiger charge is 2.45. The SMILES string of the molecule is CC1C(=O)C(C)[C@H]2O[C@@H]1C=C2O. The van der Waals surface area contributed by atoms with E-state index in [1.165, 1.54) is 0 Å². The molecular formula is C9H12O3. The normalized spacial score (nSPS) is 46.2. The van der Waals surface area contributed by atoms with Gasteiger partial charge in [0.15, 0.2) is 0 Å². The number of rotatable bonds is 0. The molecule has 3 heteroatoms. The largest absolute Gasteiger partial charge is 0.510 e. The summed E-state index contributed by atoms with van der Waals surface area (Å²) < 4.78 is 5.44. The van der Waals surface area contributed by atoms with Crippen LogP contribution in [0.15, 0.2) is 11.8 Å². The van der Waals surface area contributed by atoms with Crippen LogP contribution in [0.2, 0.25) is 0 Å². The Kier molecular flexibility index (Phi) is 1.51. The van der Waals surface area contributed by atoms with Gasteiger partial charge in [-0.25, -0.2) is 0 Å². The van der Waals surface area contributed by atoms with Crippen molar-refractivity contribution in [3.8, 4) is 0 Å². The van der Waals surface area contributed by atoms with Gasteiger partial charge in [0.25, 0.3) is 0 Å². The number of Topliss-reactive ketones (excluding diaryl/α,β-unsaturated/α-hetero) is 1. The summed E-state index contributed by atoms with van der Waals surface area (Å²) in [7, 11) is 0. The number of fused-ring (bicyclic) bond motifs is 2. The van der Waals surface area contributed by atoms with Crippen molar-refractivity contribution >= 4 is 5.78 Å². The quantitative estimate of drug-likeness (QED) is 0.588. The number of hydrogen-bond acceptors (Lipinski definition) is 3. The molecule has 66 valence electrons. The average Bonchev–Trinajstić information content (AvgIpc) is 2.39. The number of carbonyl (C=O) groups excluding carboxylic acids is 1. The van der Waals surface area contributed by atoms with Gasteiger partial charge < -0.3 is 9.84 Å². The van der Waals surface area contributed by atoms with Crippen LogP contribution in [0.1, 0.15) is 13.8 Å². The zero-order chi connectivity index (χ0) is 8.88. The average molecular weight is 168 g/mol. The maximum absolute atomic E-state index is 11.5. The fourth-order valence-corrected chi connectivity index (χ4v) is 1.90. The van der Waals surface area contributed by atoms with Gasteiger partial charge in [-0.3, -0.25) is 4.79 Å². The van der Waals surface area contributed by atoms with Crippen LogP contribution in [0.25, 0.3) is 0 Å². The number of aliphatic hydroxyl groups excluding tert-OH is 1. The van der Waals surface area contributed by atoms with Gasteiger partial charge in [-0.15, -0.1) is 0 Å². The summed E-state index contributed by atoms with van der Waals surface area (Å²) in [6.45, 7) is 3.64. The Morgan fingerprint density at radius 3 is 2.75 bits per heavy atom. The molecule has 2 unspecified atom stereocenters. The molecule has 0 saturated carbocycles. The third-order valence-electron chi connectivity index (χ3n) is 2.77. The lowest BCUT2D eigenvalue weighted by Crippen LogP contribution is -2.41. The first-order chi connectivity index (χ1) is 5.61. The molecule has 2 rings (SSSR count). The molecule has 2 bridgehead atoms. The van der Waals surface area contributed by atoms with Crippen molar-refractivity contribution in [3.63, 3.8) is 0 Å². The summed E-state index contributed by atoms with van der Waals surface area (Å²) in [5.41, 5.74) is 0. The minimum Gasteiger partial charge on any atom is -0.510 e. The van der Waals surface area contributed by atoms with Crippen LogP contribution in [0.5, 0.6) is 0 Å². The number of carbonyl (C=O) groups is 1. The Hall–Kier alpha value is -0.830. The second kappa shape index (κ2) is 2.33. The van der Waals surface area contributed by atoms with Crippen LogP contribution in [0.3, 0.4) is 0 Å². The summed E-state index contributed by atoms with van der Waals surface area (Å²) in [5.74, 6) is 0.109. The van der Waals surface area contributed by atoms with Crippen molar-refractivity contribution in [2.75, 3.05) is 0 Å². The highest BCUT2D eigenvalue weighted by molar-refractivity contribution is 5.86. The standard InChI is InChI=1S/C9H12O3/c1-4-7-3-6(10)9(12-7)5(2)8(4)11/h3-5,7,9-10H,1-2H3/t4?,5?,7-,9-/m1/s1. The summed E-state index contributed by atoms with van der Waals surface area (Å²) >= 11 is 0. The Bertz CT molecular complexity index is 256. The van der Waals surface area contributed by atoms with Gasteiger partial charge in [0, 0.05) is 11.8 Å². The molecular weight excluding hydrogens is 156 g/mol. The highest BCUT2D eigenvalue weighted by atomic mass is 16.5. The molecule has 1 fully saturated rings. The molecule has 1 N–H and O–H groups in total. The lowest BCUT2D eigenvalue weighted by atomic mass is 9.88. The molecule has 0 aliphatic carbocycles. The zero-order valence-corrected chi connectivity index (χ0v) is 7.15. The van der Waals surface area contributed by atoms with Gasteiger partial charge >= 0.3 is 0 Å². The lowest BCUT2D eigenvalue weighted by Gasteiger charge is -2.30. The third-order valence-corrected chi connectivity index (χ3v) is 2.77. The molecule has 4 atom stereocenters. The van der Waals surface area contributed by atoms with E-state index in [9.17, 15) is 9.90 Å². The van der Waals surface area contributed by atoms with Crippen molar-refractivity contribution in [2.45, 2.75) is 26.1 Å². The van der Waals surface area contributed by atoms with Crippen molar-refractivity contribution < 1.29 is 14.6 Å². The van der Waals surface area contributed by atoms with Crippen molar-refractivity contribution in [1.82, 2.24) is 0 Å². The smallest absolute Gasteiger partial charge is 0.144 e. The van der Waals surface area contributed by atoms with Gasteiger partial charge in [0.1, 0.15) is 17.6 Å². The Morgan fingerprint density at radius 2 is 2.08 bits per heavy atom. The monoisotopic (exact) mass is 168 g/mol. The van der Waals surface area contributed by atoms with E-state index in [0.717, 1.165) is 0 Å². The summed E-state index contributed by atoms with van der Waals surface area (Å²) in [4.78, 5) is 11.5. The molecule has 0 aromatic rings. The third kappa shape index (κ3) is 0.829. The molecule has 0 spiro atoms. The molecule has 1 saturated heterocycles. The predicted molar refractivity (Wildman–Crippen MR) is 42.7 cm³/mol. The van der Waals surface area contributed by atoms with E-state index in [4.69, 9.17) is 4.74 Å². The van der Waals surface area contributed by atoms with Crippen LogP contribution in [-0.4, -0.2) is 23.1 Å². The molecule has 2 heterocycles. The summed E-state index contributed by atoms with van der Waals surface area (Å²) in [6.07, 6.45) is 1.08. The topological polar surface area (TPSA) is 46.5 Å². The molecule has 2 aliphatic rings. The van der Waals surface area contributed by atoms with E-state index in [1.807, 2.05) is 6.92 Å². The molecule has 12 heavy (non-hydrogen) atoms. The fourth-order valence-electron chi connectivity index (χ4n) is 1.90. The second-order valence-electron chi connectivity index (χ2n) is 3.59. The maximum Gasteiger partial charge on any atom is 0.144 e. The number of ketones is 1. The number of ether oxygens (including phenoxy) is 1. The summed E-state index contributed by atoms with van der Waals surface area (Å²) in [5, 5.41) is 9.39. The Balaban J connectivity index is 2.34. The molecule has 3 nitrogen and oxygen atoms in total. The van der Waals surface area contributed by atoms with Crippen LogP contribution in [0.4, 0.5) is 0 Å². The molecule has 0 aromatic carbocycles. The molecule has 2 aliphatic heterocycles. The first-order valence-corrected chi connectivity index (χ1v) is 4.21. The number of hydrogen-bond donors (Lipinski definition) is 1. The van der Waals surface area contributed by atoms with E-state index < -0.39 is 0 Å². The Labute approximate surface area is 71.0 Å². The second-order valence-corrected chi connectivity index (χ2v) is 3.59. The minimum atomic E-state index is -0.376. The summed E-state index contributed by atoms with van der Waals surface area (Å²) in [6, 6.07) is 0. The first-order valence-electron chi connectivity index (χ1n) is 4.21. The van der Waals surface area contributed by atoms with E-state index >= 15 is 0 Å². The van der Waals surface area contributed by atoms with E-state index in [0.29, 0.717) is 0 Å². The van der Waals surface area contributed by atoms with Crippen LogP contribution in [-0.2, 0) is 9.53 Å². The minimum absolute atomic E-state index is 0.110. The van der Waals surface area contributed by atoms with Crippen molar-refractivity contribution in [3.05, 3.63) is 11.8 Å². The molecule has 0 amide bonds. The van der Waals surface area contributed by atoms with E-state index in [2.05, 4.69) is 0 Å². The van der Waals surface area contributed by atoms with Crippen molar-refractivity contribution in [1.29, 1.82) is 0 Å².